The summed E-state index contributed by atoms with van der Waals surface area (Å²) in [4.78, 5) is 49.6. The summed E-state index contributed by atoms with van der Waals surface area (Å²) in [5, 5.41) is 20.5. The van der Waals surface area contributed by atoms with E-state index in [0.29, 0.717) is 17.9 Å². The van der Waals surface area contributed by atoms with E-state index in [1.807, 2.05) is 13.8 Å². The second kappa shape index (κ2) is 11.4. The molecule has 0 aliphatic carbocycles. The Balaban J connectivity index is 2.03. The van der Waals surface area contributed by atoms with E-state index in [2.05, 4.69) is 5.32 Å². The van der Waals surface area contributed by atoms with Gasteiger partial charge in [-0.2, -0.15) is 0 Å². The third kappa shape index (κ3) is 6.45. The number of carboxylic acid groups (broad SMARTS) is 2. The maximum Gasteiger partial charge on any atom is 0.327 e. The molecule has 0 aromatic carbocycles. The van der Waals surface area contributed by atoms with Crippen molar-refractivity contribution in [1.82, 2.24) is 10.2 Å². The summed E-state index contributed by atoms with van der Waals surface area (Å²) in [6.07, 6.45) is 2.76. The Labute approximate surface area is 182 Å². The number of carbonyl (C=O) groups excluding carboxylic acids is 2. The van der Waals surface area contributed by atoms with Crippen molar-refractivity contribution in [3.8, 4) is 0 Å². The van der Waals surface area contributed by atoms with Gasteiger partial charge >= 0.3 is 11.9 Å². The minimum Gasteiger partial charge on any atom is -0.481 e. The minimum absolute atomic E-state index is 0.0260. The van der Waals surface area contributed by atoms with E-state index >= 15 is 0 Å². The molecule has 0 aromatic rings. The number of thioether (sulfide) groups is 1. The standard InChI is InChI=1S/C18H28N2O6S3/c1-3-10(2)15(29-28-8-7-14(21)22)16(23)19-11-5-4-6-13-20(17(11)24)12(9-27-13)18(25)26/h10-13,15H,3-9H2,1-2H3,(H,19,23)(H,21,22)(H,25,26)/t10-,11-,12-,13+,15?/m0/s1. The monoisotopic (exact) mass is 464 g/mol. The van der Waals surface area contributed by atoms with Crippen molar-refractivity contribution in [1.29, 1.82) is 0 Å². The Morgan fingerprint density at radius 2 is 2.03 bits per heavy atom. The van der Waals surface area contributed by atoms with Crippen LogP contribution in [0.15, 0.2) is 0 Å². The van der Waals surface area contributed by atoms with E-state index in [1.165, 1.54) is 38.2 Å². The second-order valence-corrected chi connectivity index (χ2v) is 11.1. The van der Waals surface area contributed by atoms with Gasteiger partial charge in [-0.15, -0.1) is 11.8 Å². The Bertz CT molecular complexity index is 635. The van der Waals surface area contributed by atoms with Crippen LogP contribution in [0.1, 0.15) is 46.0 Å². The number of nitrogens with zero attached hydrogens (tertiary/aromatic N) is 1. The molecule has 2 aliphatic heterocycles. The lowest BCUT2D eigenvalue weighted by Crippen LogP contribution is -2.54. The summed E-state index contributed by atoms with van der Waals surface area (Å²) in [7, 11) is 2.69. The molecule has 164 valence electrons. The average Bonchev–Trinajstić information content (AvgIpc) is 3.03. The summed E-state index contributed by atoms with van der Waals surface area (Å²) < 4.78 is 0. The van der Waals surface area contributed by atoms with Gasteiger partial charge < -0.3 is 20.4 Å². The molecule has 2 heterocycles. The first-order valence-electron chi connectivity index (χ1n) is 9.73. The molecule has 1 unspecified atom stereocenters. The molecule has 29 heavy (non-hydrogen) atoms. The highest BCUT2D eigenvalue weighted by Gasteiger charge is 2.45. The molecule has 8 nitrogen and oxygen atoms in total. The SMILES string of the molecule is CC[C@H](C)C(SSCCC(=O)O)C(=O)N[C@H]1CCC[C@H]2SC[C@@H](C(=O)O)N2C1=O. The zero-order valence-corrected chi connectivity index (χ0v) is 19.0. The van der Waals surface area contributed by atoms with Crippen LogP contribution in [-0.2, 0) is 19.2 Å². The van der Waals surface area contributed by atoms with Crippen molar-refractivity contribution >= 4 is 57.1 Å². The molecule has 2 aliphatic rings. The highest BCUT2D eigenvalue weighted by atomic mass is 33.1. The van der Waals surface area contributed by atoms with Gasteiger partial charge in [-0.05, 0) is 25.2 Å². The van der Waals surface area contributed by atoms with Crippen molar-refractivity contribution < 1.29 is 29.4 Å². The van der Waals surface area contributed by atoms with Crippen LogP contribution in [0.5, 0.6) is 0 Å². The Morgan fingerprint density at radius 3 is 2.66 bits per heavy atom. The molecule has 11 heteroatoms. The first kappa shape index (κ1) is 24.2. The van der Waals surface area contributed by atoms with E-state index in [4.69, 9.17) is 5.11 Å². The van der Waals surface area contributed by atoms with E-state index in [0.717, 1.165) is 19.3 Å². The van der Waals surface area contributed by atoms with Crippen molar-refractivity contribution in [3.05, 3.63) is 0 Å². The minimum atomic E-state index is -1.01. The molecule has 2 rings (SSSR count). The highest BCUT2D eigenvalue weighted by molar-refractivity contribution is 8.77. The van der Waals surface area contributed by atoms with E-state index in [-0.39, 0.29) is 29.5 Å². The number of carbonyl (C=O) groups is 4. The molecule has 0 saturated carbocycles. The fraction of sp³-hybridized carbons (Fsp3) is 0.778. The second-order valence-electron chi connectivity index (χ2n) is 7.25. The molecule has 0 bridgehead atoms. The molecule has 2 fully saturated rings. The van der Waals surface area contributed by atoms with Gasteiger partial charge in [0.05, 0.1) is 17.0 Å². The van der Waals surface area contributed by atoms with Crippen LogP contribution in [-0.4, -0.2) is 73.1 Å². The largest absolute Gasteiger partial charge is 0.481 e. The molecule has 3 N–H and O–H groups in total. The number of rotatable bonds is 10. The van der Waals surface area contributed by atoms with E-state index in [1.54, 1.807) is 0 Å². The molecular formula is C18H28N2O6S3. The van der Waals surface area contributed by atoms with Crippen LogP contribution in [0.4, 0.5) is 0 Å². The van der Waals surface area contributed by atoms with Crippen LogP contribution in [0.2, 0.25) is 0 Å². The van der Waals surface area contributed by atoms with Gasteiger partial charge in [-0.3, -0.25) is 14.4 Å². The molecule has 2 saturated heterocycles. The van der Waals surface area contributed by atoms with Crippen LogP contribution >= 0.6 is 33.3 Å². The first-order chi connectivity index (χ1) is 13.8. The number of carboxylic acids is 2. The summed E-state index contributed by atoms with van der Waals surface area (Å²) in [5.74, 6) is -1.62. The third-order valence-electron chi connectivity index (χ3n) is 5.18. The van der Waals surface area contributed by atoms with E-state index in [9.17, 15) is 24.3 Å². The van der Waals surface area contributed by atoms with Crippen LogP contribution in [0, 0.1) is 5.92 Å². The topological polar surface area (TPSA) is 124 Å². The van der Waals surface area contributed by atoms with Crippen molar-refractivity contribution in [2.45, 2.75) is 68.7 Å². The molecule has 2 amide bonds. The first-order valence-corrected chi connectivity index (χ1v) is 13.2. The smallest absolute Gasteiger partial charge is 0.327 e. The maximum absolute atomic E-state index is 13.0. The number of fused-ring (bicyclic) bond motifs is 1. The van der Waals surface area contributed by atoms with Gasteiger partial charge in [0.2, 0.25) is 11.8 Å². The van der Waals surface area contributed by atoms with Crippen LogP contribution in [0.25, 0.3) is 0 Å². The van der Waals surface area contributed by atoms with Crippen LogP contribution in [0.3, 0.4) is 0 Å². The lowest BCUT2D eigenvalue weighted by Gasteiger charge is -2.29. The molecule has 0 spiro atoms. The normalized spacial score (nSPS) is 26.3. The lowest BCUT2D eigenvalue weighted by atomic mass is 10.0. The summed E-state index contributed by atoms with van der Waals surface area (Å²) in [5.41, 5.74) is 0. The Hall–Kier alpha value is -1.07. The number of hydrogen-bond acceptors (Lipinski definition) is 7. The Kier molecular flexibility index (Phi) is 9.48. The predicted octanol–water partition coefficient (Wildman–Crippen LogP) is 2.28. The van der Waals surface area contributed by atoms with Gasteiger partial charge in [0, 0.05) is 11.5 Å². The number of amides is 2. The molecule has 5 atom stereocenters. The van der Waals surface area contributed by atoms with E-state index < -0.39 is 29.3 Å². The number of nitrogens with one attached hydrogen (secondary N) is 1. The van der Waals surface area contributed by atoms with Crippen LogP contribution < -0.4 is 5.32 Å². The van der Waals surface area contributed by atoms with Crippen molar-refractivity contribution in [3.63, 3.8) is 0 Å². The van der Waals surface area contributed by atoms with Gasteiger partial charge in [0.25, 0.3) is 0 Å². The molecule has 0 radical (unpaired) electrons. The fourth-order valence-electron chi connectivity index (χ4n) is 3.32. The summed E-state index contributed by atoms with van der Waals surface area (Å²) in [6.45, 7) is 3.94. The van der Waals surface area contributed by atoms with Gasteiger partial charge in [-0.25, -0.2) is 4.79 Å². The van der Waals surface area contributed by atoms with Crippen molar-refractivity contribution in [2.24, 2.45) is 5.92 Å². The number of hydrogen-bond donors (Lipinski definition) is 3. The molecular weight excluding hydrogens is 436 g/mol. The maximum atomic E-state index is 13.0. The fourth-order valence-corrected chi connectivity index (χ4v) is 7.62. The van der Waals surface area contributed by atoms with Crippen molar-refractivity contribution in [2.75, 3.05) is 11.5 Å². The predicted molar refractivity (Wildman–Crippen MR) is 116 cm³/mol. The average molecular weight is 465 g/mol. The van der Waals surface area contributed by atoms with Gasteiger partial charge in [0.15, 0.2) is 0 Å². The molecule has 0 aromatic heterocycles. The zero-order valence-electron chi connectivity index (χ0n) is 16.5. The number of aliphatic carboxylic acids is 2. The summed E-state index contributed by atoms with van der Waals surface area (Å²) in [6, 6.07) is -1.56. The third-order valence-corrected chi connectivity index (χ3v) is 9.46. The van der Waals surface area contributed by atoms with Gasteiger partial charge in [-0.1, -0.05) is 41.9 Å². The zero-order chi connectivity index (χ0) is 21.6. The van der Waals surface area contributed by atoms with Gasteiger partial charge in [0.1, 0.15) is 12.1 Å². The highest BCUT2D eigenvalue weighted by Crippen LogP contribution is 2.37. The summed E-state index contributed by atoms with van der Waals surface area (Å²) >= 11 is 1.49. The Morgan fingerprint density at radius 1 is 1.31 bits per heavy atom. The quantitative estimate of drug-likeness (QED) is 0.330. The lowest BCUT2D eigenvalue weighted by molar-refractivity contribution is -0.150.